The van der Waals surface area contributed by atoms with Crippen LogP contribution in [0.2, 0.25) is 0 Å². The Morgan fingerprint density at radius 1 is 0.911 bits per heavy atom. The van der Waals surface area contributed by atoms with Gasteiger partial charge >= 0.3 is 6.18 Å². The average molecular weight is 652 g/mol. The summed E-state index contributed by atoms with van der Waals surface area (Å²) in [5.41, 5.74) is 1.26. The summed E-state index contributed by atoms with van der Waals surface area (Å²) in [6.45, 7) is 2.28. The highest BCUT2D eigenvalue weighted by Crippen LogP contribution is 2.43. The second kappa shape index (κ2) is 13.2. The number of amides is 1. The van der Waals surface area contributed by atoms with Crippen LogP contribution in [-0.2, 0) is 36.0 Å². The molecular formula is C32H40F3N3O6S. The summed E-state index contributed by atoms with van der Waals surface area (Å²) in [6.07, 6.45) is 1.20. The van der Waals surface area contributed by atoms with E-state index in [1.54, 1.807) is 24.3 Å². The summed E-state index contributed by atoms with van der Waals surface area (Å²) < 4.78 is 80.1. The number of carbonyl (C=O) groups excluding carboxylic acids is 1. The minimum atomic E-state index is -4.43. The smallest absolute Gasteiger partial charge is 0.416 e. The first-order chi connectivity index (χ1) is 21.6. The van der Waals surface area contributed by atoms with Gasteiger partial charge in [-0.15, -0.1) is 0 Å². The fourth-order valence-corrected chi connectivity index (χ4v) is 8.44. The number of nitrogens with one attached hydrogen (secondary N) is 1. The number of ether oxygens (including phenoxy) is 2. The predicted octanol–water partition coefficient (Wildman–Crippen LogP) is 5.01. The maximum Gasteiger partial charge on any atom is 0.416 e. The van der Waals surface area contributed by atoms with Gasteiger partial charge in [0.15, 0.2) is 6.29 Å². The van der Waals surface area contributed by atoms with Crippen LogP contribution >= 0.6 is 0 Å². The van der Waals surface area contributed by atoms with Gasteiger partial charge < -0.3 is 14.4 Å². The van der Waals surface area contributed by atoms with Crippen molar-refractivity contribution in [2.75, 3.05) is 32.8 Å². The van der Waals surface area contributed by atoms with E-state index in [0.717, 1.165) is 37.8 Å². The largest absolute Gasteiger partial charge is 0.490 e. The minimum absolute atomic E-state index is 0.107. The normalized spacial score (nSPS) is 23.8. The number of likely N-dealkylation sites (tertiary alicyclic amines) is 1. The molecule has 2 aromatic carbocycles. The fourth-order valence-electron chi connectivity index (χ4n) is 6.68. The maximum absolute atomic E-state index is 14.2. The van der Waals surface area contributed by atoms with Gasteiger partial charge in [0.1, 0.15) is 11.9 Å². The molecule has 1 atom stereocenters. The van der Waals surface area contributed by atoms with Crippen molar-refractivity contribution in [3.63, 3.8) is 0 Å². The summed E-state index contributed by atoms with van der Waals surface area (Å²) >= 11 is 0. The van der Waals surface area contributed by atoms with Crippen LogP contribution in [0.4, 0.5) is 13.2 Å². The molecule has 3 aliphatic heterocycles. The molecule has 2 aromatic rings. The number of hydroxylamine groups is 1. The third kappa shape index (κ3) is 7.17. The van der Waals surface area contributed by atoms with Gasteiger partial charge in [-0.2, -0.15) is 17.5 Å². The molecule has 3 saturated heterocycles. The molecule has 246 valence electrons. The number of benzene rings is 2. The zero-order chi connectivity index (χ0) is 31.7. The lowest BCUT2D eigenvalue weighted by Gasteiger charge is -2.42. The number of alkyl halides is 3. The van der Waals surface area contributed by atoms with E-state index >= 15 is 0 Å². The van der Waals surface area contributed by atoms with E-state index in [-0.39, 0.29) is 30.0 Å². The molecule has 0 spiro atoms. The van der Waals surface area contributed by atoms with Gasteiger partial charge in [-0.25, -0.2) is 18.7 Å². The zero-order valence-corrected chi connectivity index (χ0v) is 26.0. The quantitative estimate of drug-likeness (QED) is 0.381. The van der Waals surface area contributed by atoms with Crippen molar-refractivity contribution in [1.82, 2.24) is 14.7 Å². The Morgan fingerprint density at radius 2 is 1.60 bits per heavy atom. The molecular weight excluding hydrogens is 611 g/mol. The van der Waals surface area contributed by atoms with Gasteiger partial charge in [0, 0.05) is 32.2 Å². The Hall–Kier alpha value is -2.71. The third-order valence-corrected chi connectivity index (χ3v) is 11.4. The molecule has 4 fully saturated rings. The first-order valence-corrected chi connectivity index (χ1v) is 17.3. The molecule has 1 aliphatic carbocycles. The number of rotatable bonds is 9. The van der Waals surface area contributed by atoms with Crippen molar-refractivity contribution in [1.29, 1.82) is 0 Å². The van der Waals surface area contributed by atoms with E-state index in [2.05, 4.69) is 10.4 Å². The SMILES string of the molecule is O=C(NOC1CCCCO1)C1(c2ccccc2S(=O)(=O)N2CCC(Oc3ccc(C(F)(F)F)cc3)CC2)CCN(C2CC2)CC1. The maximum atomic E-state index is 14.2. The van der Waals surface area contributed by atoms with Crippen molar-refractivity contribution in [2.45, 2.75) is 92.7 Å². The number of halogens is 3. The highest BCUT2D eigenvalue weighted by atomic mass is 32.2. The molecule has 1 saturated carbocycles. The lowest BCUT2D eigenvalue weighted by atomic mass is 9.72. The molecule has 9 nitrogen and oxygen atoms in total. The Labute approximate surface area is 262 Å². The predicted molar refractivity (Wildman–Crippen MR) is 159 cm³/mol. The first-order valence-electron chi connectivity index (χ1n) is 15.8. The summed E-state index contributed by atoms with van der Waals surface area (Å²) in [7, 11) is -3.99. The number of nitrogens with zero attached hydrogens (tertiary/aromatic N) is 2. The van der Waals surface area contributed by atoms with Gasteiger partial charge in [-0.1, -0.05) is 18.2 Å². The first kappa shape index (κ1) is 32.2. The summed E-state index contributed by atoms with van der Waals surface area (Å²) in [5.74, 6) is -0.0561. The van der Waals surface area contributed by atoms with Crippen LogP contribution in [0.3, 0.4) is 0 Å². The van der Waals surface area contributed by atoms with Gasteiger partial charge in [-0.05, 0) is 100 Å². The highest BCUT2D eigenvalue weighted by Gasteiger charge is 2.48. The number of sulfonamides is 1. The minimum Gasteiger partial charge on any atom is -0.490 e. The number of hydrogen-bond acceptors (Lipinski definition) is 7. The van der Waals surface area contributed by atoms with Gasteiger partial charge in [-0.3, -0.25) is 4.79 Å². The molecule has 1 unspecified atom stereocenters. The van der Waals surface area contributed by atoms with Crippen LogP contribution < -0.4 is 10.2 Å². The molecule has 1 N–H and O–H groups in total. The van der Waals surface area contributed by atoms with Crippen LogP contribution in [0.1, 0.15) is 68.9 Å². The number of carbonyl (C=O) groups is 1. The van der Waals surface area contributed by atoms with Crippen LogP contribution in [0.15, 0.2) is 53.4 Å². The van der Waals surface area contributed by atoms with Crippen molar-refractivity contribution in [3.05, 3.63) is 59.7 Å². The zero-order valence-electron chi connectivity index (χ0n) is 25.1. The van der Waals surface area contributed by atoms with Gasteiger partial charge in [0.05, 0.1) is 15.9 Å². The fraction of sp³-hybridized carbons (Fsp3) is 0.594. The molecule has 1 amide bonds. The molecule has 6 rings (SSSR count). The monoisotopic (exact) mass is 651 g/mol. The topological polar surface area (TPSA) is 97.4 Å². The summed E-state index contributed by atoms with van der Waals surface area (Å²) in [6, 6.07) is 11.8. The lowest BCUT2D eigenvalue weighted by molar-refractivity contribution is -0.203. The van der Waals surface area contributed by atoms with Crippen molar-refractivity contribution in [3.8, 4) is 5.75 Å². The van der Waals surface area contributed by atoms with Crippen molar-refractivity contribution in [2.24, 2.45) is 0 Å². The van der Waals surface area contributed by atoms with Gasteiger partial charge in [0.25, 0.3) is 5.91 Å². The van der Waals surface area contributed by atoms with E-state index in [9.17, 15) is 26.4 Å². The molecule has 45 heavy (non-hydrogen) atoms. The molecule has 0 bridgehead atoms. The average Bonchev–Trinajstić information content (AvgIpc) is 3.90. The van der Waals surface area contributed by atoms with E-state index in [1.165, 1.54) is 16.4 Å². The molecule has 4 aliphatic rings. The number of hydrogen-bond donors (Lipinski definition) is 1. The second-order valence-corrected chi connectivity index (χ2v) is 14.3. The molecule has 3 heterocycles. The van der Waals surface area contributed by atoms with Crippen LogP contribution in [0, 0.1) is 0 Å². The standard InChI is InChI=1S/C32H40F3N3O6S/c33-32(34,35)23-8-12-25(13-9-23)43-26-14-18-38(19-15-26)45(40,41)28-6-2-1-5-27(28)31(16-20-37(21-17-31)24-10-11-24)30(39)36-44-29-7-3-4-22-42-29/h1-2,5-6,8-9,12-13,24,26,29H,3-4,7,10-11,14-22H2,(H,36,39). The van der Waals surface area contributed by atoms with Crippen molar-refractivity contribution < 1.29 is 40.7 Å². The highest BCUT2D eigenvalue weighted by molar-refractivity contribution is 7.89. The molecule has 0 aromatic heterocycles. The van der Waals surface area contributed by atoms with Crippen LogP contribution in [0.5, 0.6) is 5.75 Å². The van der Waals surface area contributed by atoms with E-state index in [4.69, 9.17) is 14.3 Å². The molecule has 0 radical (unpaired) electrons. The van der Waals surface area contributed by atoms with Crippen LogP contribution in [0.25, 0.3) is 0 Å². The second-order valence-electron chi connectivity index (χ2n) is 12.4. The summed E-state index contributed by atoms with van der Waals surface area (Å²) in [4.78, 5) is 22.2. The Balaban J connectivity index is 1.18. The Morgan fingerprint density at radius 3 is 2.22 bits per heavy atom. The Kier molecular flexibility index (Phi) is 9.45. The Bertz CT molecular complexity index is 1430. The van der Waals surface area contributed by atoms with E-state index in [0.29, 0.717) is 69.2 Å². The molecule has 13 heteroatoms. The third-order valence-electron chi connectivity index (χ3n) is 9.48. The van der Waals surface area contributed by atoms with E-state index in [1.807, 2.05) is 0 Å². The summed E-state index contributed by atoms with van der Waals surface area (Å²) in [5, 5.41) is 0. The van der Waals surface area contributed by atoms with Crippen molar-refractivity contribution >= 4 is 15.9 Å². The van der Waals surface area contributed by atoms with Gasteiger partial charge in [0.2, 0.25) is 10.0 Å². The lowest BCUT2D eigenvalue weighted by Crippen LogP contribution is -2.53. The van der Waals surface area contributed by atoms with E-state index < -0.39 is 33.5 Å². The van der Waals surface area contributed by atoms with Crippen LogP contribution in [-0.4, -0.2) is 74.8 Å². The number of piperidine rings is 2.